The molecule has 0 saturated carbocycles. The summed E-state index contributed by atoms with van der Waals surface area (Å²) in [6, 6.07) is 22.0. The van der Waals surface area contributed by atoms with E-state index in [0.29, 0.717) is 28.8 Å². The summed E-state index contributed by atoms with van der Waals surface area (Å²) in [4.78, 5) is 25.6. The first-order chi connectivity index (χ1) is 15.0. The second-order valence-corrected chi connectivity index (χ2v) is 8.13. The molecular weight excluding hydrogens is 432 g/mol. The largest absolute Gasteiger partial charge is 0.492 e. The number of rotatable bonds is 9. The van der Waals surface area contributed by atoms with Gasteiger partial charge in [0.1, 0.15) is 5.75 Å². The zero-order valence-corrected chi connectivity index (χ0v) is 18.6. The number of amides is 2. The van der Waals surface area contributed by atoms with Crippen molar-refractivity contribution in [2.24, 2.45) is 0 Å². The summed E-state index contributed by atoms with van der Waals surface area (Å²) in [5.41, 5.74) is 2.22. The van der Waals surface area contributed by atoms with Gasteiger partial charge in [0.2, 0.25) is 11.8 Å². The van der Waals surface area contributed by atoms with Crippen LogP contribution in [-0.4, -0.2) is 24.2 Å². The highest BCUT2D eigenvalue weighted by atomic mass is 35.5. The SMILES string of the molecule is CCOc1ccccc1NC(=O)CSc1cccc(NC(=O)Cc2ccc(Cl)cc2)c1. The molecule has 0 saturated heterocycles. The quantitative estimate of drug-likeness (QED) is 0.410. The van der Waals surface area contributed by atoms with Crippen LogP contribution in [0.5, 0.6) is 5.75 Å². The van der Waals surface area contributed by atoms with E-state index in [-0.39, 0.29) is 24.0 Å². The molecule has 0 aliphatic rings. The smallest absolute Gasteiger partial charge is 0.234 e. The molecule has 0 bridgehead atoms. The molecule has 7 heteroatoms. The van der Waals surface area contributed by atoms with Crippen molar-refractivity contribution in [3.05, 3.63) is 83.4 Å². The molecule has 0 aromatic heterocycles. The molecule has 0 fully saturated rings. The van der Waals surface area contributed by atoms with Crippen LogP contribution in [0.25, 0.3) is 0 Å². The van der Waals surface area contributed by atoms with Gasteiger partial charge in [0.25, 0.3) is 0 Å². The maximum atomic E-state index is 12.4. The zero-order valence-electron chi connectivity index (χ0n) is 17.1. The Bertz CT molecular complexity index is 1040. The van der Waals surface area contributed by atoms with E-state index >= 15 is 0 Å². The van der Waals surface area contributed by atoms with Gasteiger partial charge in [0, 0.05) is 15.6 Å². The first kappa shape index (κ1) is 22.7. The minimum atomic E-state index is -0.130. The van der Waals surface area contributed by atoms with Crippen molar-refractivity contribution in [2.75, 3.05) is 23.0 Å². The number of ether oxygens (including phenoxy) is 1. The summed E-state index contributed by atoms with van der Waals surface area (Å²) in [5.74, 6) is 0.639. The molecule has 0 atom stereocenters. The number of hydrogen-bond acceptors (Lipinski definition) is 4. The Labute approximate surface area is 191 Å². The fourth-order valence-electron chi connectivity index (χ4n) is 2.84. The third-order valence-corrected chi connectivity index (χ3v) is 5.47. The average molecular weight is 455 g/mol. The standard InChI is InChI=1S/C24H23ClN2O3S/c1-2-30-22-9-4-3-8-21(22)27-24(29)16-31-20-7-5-6-19(15-20)26-23(28)14-17-10-12-18(25)13-11-17/h3-13,15H,2,14,16H2,1H3,(H,26,28)(H,27,29). The number of thioether (sulfide) groups is 1. The first-order valence-corrected chi connectivity index (χ1v) is 11.2. The Balaban J connectivity index is 1.52. The number of anilines is 2. The number of carbonyl (C=O) groups is 2. The lowest BCUT2D eigenvalue weighted by atomic mass is 10.1. The minimum absolute atomic E-state index is 0.116. The number of carbonyl (C=O) groups excluding carboxylic acids is 2. The van der Waals surface area contributed by atoms with E-state index in [2.05, 4.69) is 10.6 Å². The molecule has 31 heavy (non-hydrogen) atoms. The third-order valence-electron chi connectivity index (χ3n) is 4.23. The molecule has 2 N–H and O–H groups in total. The molecule has 0 aliphatic carbocycles. The number of hydrogen-bond donors (Lipinski definition) is 2. The fourth-order valence-corrected chi connectivity index (χ4v) is 3.72. The maximum absolute atomic E-state index is 12.4. The highest BCUT2D eigenvalue weighted by molar-refractivity contribution is 8.00. The van der Waals surface area contributed by atoms with Gasteiger partial charge >= 0.3 is 0 Å². The van der Waals surface area contributed by atoms with Crippen molar-refractivity contribution < 1.29 is 14.3 Å². The molecule has 5 nitrogen and oxygen atoms in total. The number of halogens is 1. The van der Waals surface area contributed by atoms with Gasteiger partial charge in [-0.2, -0.15) is 0 Å². The van der Waals surface area contributed by atoms with E-state index in [1.807, 2.05) is 67.6 Å². The highest BCUT2D eigenvalue weighted by Crippen LogP contribution is 2.25. The van der Waals surface area contributed by atoms with Crippen LogP contribution < -0.4 is 15.4 Å². The van der Waals surface area contributed by atoms with Crippen LogP contribution in [0.3, 0.4) is 0 Å². The lowest BCUT2D eigenvalue weighted by Crippen LogP contribution is -2.15. The molecule has 2 amide bonds. The Morgan fingerprint density at radius 3 is 2.48 bits per heavy atom. The predicted molar refractivity (Wildman–Crippen MR) is 127 cm³/mol. The van der Waals surface area contributed by atoms with Gasteiger partial charge in [0.15, 0.2) is 0 Å². The van der Waals surface area contributed by atoms with Gasteiger partial charge in [-0.1, -0.05) is 41.9 Å². The molecule has 0 aliphatic heterocycles. The van der Waals surface area contributed by atoms with Gasteiger partial charge in [-0.15, -0.1) is 11.8 Å². The summed E-state index contributed by atoms with van der Waals surface area (Å²) in [6.07, 6.45) is 0.260. The summed E-state index contributed by atoms with van der Waals surface area (Å²) in [6.45, 7) is 2.42. The second kappa shape index (κ2) is 11.4. The lowest BCUT2D eigenvalue weighted by molar-refractivity contribution is -0.115. The van der Waals surface area contributed by atoms with Crippen molar-refractivity contribution in [1.29, 1.82) is 0 Å². The average Bonchev–Trinajstić information content (AvgIpc) is 2.76. The second-order valence-electron chi connectivity index (χ2n) is 6.65. The van der Waals surface area contributed by atoms with E-state index in [1.165, 1.54) is 11.8 Å². The van der Waals surface area contributed by atoms with Gasteiger partial charge in [-0.25, -0.2) is 0 Å². The number of benzene rings is 3. The van der Waals surface area contributed by atoms with Crippen LogP contribution in [0.1, 0.15) is 12.5 Å². The monoisotopic (exact) mass is 454 g/mol. The van der Waals surface area contributed by atoms with Gasteiger partial charge in [-0.3, -0.25) is 9.59 Å². The van der Waals surface area contributed by atoms with Crippen molar-refractivity contribution in [1.82, 2.24) is 0 Å². The normalized spacial score (nSPS) is 10.4. The molecule has 3 aromatic rings. The predicted octanol–water partition coefficient (Wildman–Crippen LogP) is 5.65. The van der Waals surface area contributed by atoms with Crippen molar-refractivity contribution in [3.63, 3.8) is 0 Å². The van der Waals surface area contributed by atoms with Crippen molar-refractivity contribution in [2.45, 2.75) is 18.2 Å². The van der Waals surface area contributed by atoms with Crippen LogP contribution in [-0.2, 0) is 16.0 Å². The Hall–Kier alpha value is -2.96. The molecule has 0 heterocycles. The summed E-state index contributed by atoms with van der Waals surface area (Å²) in [5, 5.41) is 6.41. The Morgan fingerprint density at radius 2 is 1.71 bits per heavy atom. The molecule has 3 rings (SSSR count). The van der Waals surface area contributed by atoms with Crippen molar-refractivity contribution in [3.8, 4) is 5.75 Å². The molecule has 0 radical (unpaired) electrons. The van der Waals surface area contributed by atoms with Crippen LogP contribution in [0.4, 0.5) is 11.4 Å². The molecule has 3 aromatic carbocycles. The molecule has 0 unspecified atom stereocenters. The summed E-state index contributed by atoms with van der Waals surface area (Å²) < 4.78 is 5.53. The maximum Gasteiger partial charge on any atom is 0.234 e. The number of nitrogens with one attached hydrogen (secondary N) is 2. The van der Waals surface area contributed by atoms with Crippen LogP contribution in [0, 0.1) is 0 Å². The Morgan fingerprint density at radius 1 is 0.935 bits per heavy atom. The van der Waals surface area contributed by atoms with Gasteiger partial charge in [-0.05, 0) is 55.0 Å². The topological polar surface area (TPSA) is 67.4 Å². The van der Waals surface area contributed by atoms with E-state index in [4.69, 9.17) is 16.3 Å². The lowest BCUT2D eigenvalue weighted by Gasteiger charge is -2.11. The number of para-hydroxylation sites is 2. The minimum Gasteiger partial charge on any atom is -0.492 e. The van der Waals surface area contributed by atoms with Crippen LogP contribution in [0.15, 0.2) is 77.7 Å². The van der Waals surface area contributed by atoms with Crippen LogP contribution >= 0.6 is 23.4 Å². The van der Waals surface area contributed by atoms with E-state index < -0.39 is 0 Å². The molecule has 160 valence electrons. The fraction of sp³-hybridized carbons (Fsp3) is 0.167. The van der Waals surface area contributed by atoms with E-state index in [0.717, 1.165) is 10.5 Å². The van der Waals surface area contributed by atoms with Crippen LogP contribution in [0.2, 0.25) is 5.02 Å². The summed E-state index contributed by atoms with van der Waals surface area (Å²) >= 11 is 7.27. The van der Waals surface area contributed by atoms with Crippen molar-refractivity contribution >= 4 is 46.6 Å². The Kier molecular flexibility index (Phi) is 8.38. The van der Waals surface area contributed by atoms with E-state index in [1.54, 1.807) is 12.1 Å². The van der Waals surface area contributed by atoms with Gasteiger partial charge < -0.3 is 15.4 Å². The summed E-state index contributed by atoms with van der Waals surface area (Å²) in [7, 11) is 0. The molecule has 0 spiro atoms. The first-order valence-electron chi connectivity index (χ1n) is 9.82. The third kappa shape index (κ3) is 7.35. The molecular formula is C24H23ClN2O3S. The highest BCUT2D eigenvalue weighted by Gasteiger charge is 2.09. The van der Waals surface area contributed by atoms with Gasteiger partial charge in [0.05, 0.1) is 24.5 Å². The van der Waals surface area contributed by atoms with E-state index in [9.17, 15) is 9.59 Å². The zero-order chi connectivity index (χ0) is 22.1.